The van der Waals surface area contributed by atoms with Crippen LogP contribution in [-0.4, -0.2) is 31.3 Å². The molecule has 0 unspecified atom stereocenters. The third kappa shape index (κ3) is 7.99. The van der Waals surface area contributed by atoms with Crippen molar-refractivity contribution in [2.24, 2.45) is 5.10 Å². The Morgan fingerprint density at radius 2 is 1.80 bits per heavy atom. The van der Waals surface area contributed by atoms with E-state index in [1.165, 1.54) is 6.21 Å². The second kappa shape index (κ2) is 13.1. The van der Waals surface area contributed by atoms with Crippen LogP contribution in [0.25, 0.3) is 0 Å². The molecule has 1 amide bonds. The van der Waals surface area contributed by atoms with Gasteiger partial charge in [0.2, 0.25) is 0 Å². The number of hydrogen-bond donors (Lipinski definition) is 1. The molecule has 1 N–H and O–H groups in total. The number of amides is 1. The summed E-state index contributed by atoms with van der Waals surface area (Å²) in [6.07, 6.45) is 2.25. The number of benzene rings is 3. The molecule has 3 aromatic carbocycles. The van der Waals surface area contributed by atoms with Gasteiger partial charge in [0, 0.05) is 10.0 Å². The van der Waals surface area contributed by atoms with Crippen LogP contribution in [0.2, 0.25) is 10.0 Å². The predicted octanol–water partition coefficient (Wildman–Crippen LogP) is 6.29. The topological polar surface area (TPSA) is 86.2 Å². The van der Waals surface area contributed by atoms with Crippen molar-refractivity contribution >= 4 is 57.2 Å². The summed E-state index contributed by atoms with van der Waals surface area (Å²) in [7, 11) is 0. The molecule has 0 radical (unpaired) electrons. The highest BCUT2D eigenvalue weighted by Gasteiger charge is 2.12. The van der Waals surface area contributed by atoms with Gasteiger partial charge < -0.3 is 14.2 Å². The average molecular weight is 580 g/mol. The number of ether oxygens (including phenoxy) is 3. The minimum absolute atomic E-state index is 0.217. The first-order chi connectivity index (χ1) is 16.9. The van der Waals surface area contributed by atoms with Gasteiger partial charge in [-0.3, -0.25) is 4.79 Å². The predicted molar refractivity (Wildman–Crippen MR) is 139 cm³/mol. The summed E-state index contributed by atoms with van der Waals surface area (Å²) in [5.74, 6) is 0.169. The van der Waals surface area contributed by atoms with Crippen LogP contribution in [0.1, 0.15) is 29.3 Å². The van der Waals surface area contributed by atoms with Gasteiger partial charge in [0.15, 0.2) is 6.61 Å². The van der Waals surface area contributed by atoms with E-state index in [0.717, 1.165) is 10.9 Å². The van der Waals surface area contributed by atoms with E-state index in [0.29, 0.717) is 28.5 Å². The summed E-state index contributed by atoms with van der Waals surface area (Å²) in [6, 6.07) is 16.6. The number of halogens is 3. The van der Waals surface area contributed by atoms with Gasteiger partial charge in [-0.1, -0.05) is 52.1 Å². The molecule has 7 nitrogen and oxygen atoms in total. The van der Waals surface area contributed by atoms with E-state index in [9.17, 15) is 9.59 Å². The molecular formula is C25H21BrCl2N2O5. The Labute approximate surface area is 221 Å². The molecule has 3 rings (SSSR count). The van der Waals surface area contributed by atoms with Gasteiger partial charge in [0.25, 0.3) is 5.91 Å². The standard InChI is InChI=1S/C25H21BrCl2N2O5/c1-2-12-33-19-9-6-16(7-10-19)25(32)35-21-11-8-18(26)13-17(21)14-29-30-23(31)15-34-22-5-3-4-20(27)24(22)28/h3-11,13-14H,2,12,15H2,1H3,(H,30,31)/b29-14-. The van der Waals surface area contributed by atoms with Crippen molar-refractivity contribution in [2.75, 3.05) is 13.2 Å². The van der Waals surface area contributed by atoms with E-state index in [4.69, 9.17) is 37.4 Å². The molecule has 0 atom stereocenters. The number of hydrazone groups is 1. The lowest BCUT2D eigenvalue weighted by atomic mass is 10.2. The van der Waals surface area contributed by atoms with Crippen LogP contribution in [0, 0.1) is 0 Å². The molecule has 35 heavy (non-hydrogen) atoms. The molecule has 0 bridgehead atoms. The third-order valence-corrected chi connectivity index (χ3v) is 5.70. The highest BCUT2D eigenvalue weighted by atomic mass is 79.9. The van der Waals surface area contributed by atoms with Crippen LogP contribution < -0.4 is 19.6 Å². The molecule has 0 saturated carbocycles. The van der Waals surface area contributed by atoms with Gasteiger partial charge in [-0.25, -0.2) is 10.2 Å². The summed E-state index contributed by atoms with van der Waals surface area (Å²) in [6.45, 7) is 2.29. The average Bonchev–Trinajstić information content (AvgIpc) is 2.85. The fourth-order valence-corrected chi connectivity index (χ4v) is 3.45. The van der Waals surface area contributed by atoms with E-state index in [1.54, 1.807) is 60.7 Å². The molecule has 0 aliphatic heterocycles. The largest absolute Gasteiger partial charge is 0.494 e. The van der Waals surface area contributed by atoms with Crippen LogP contribution >= 0.6 is 39.1 Å². The smallest absolute Gasteiger partial charge is 0.343 e. The molecule has 3 aromatic rings. The summed E-state index contributed by atoms with van der Waals surface area (Å²) >= 11 is 15.3. The minimum atomic E-state index is -0.542. The van der Waals surface area contributed by atoms with Gasteiger partial charge in [0.05, 0.1) is 23.4 Å². The lowest BCUT2D eigenvalue weighted by Gasteiger charge is -2.09. The SMILES string of the molecule is CCCOc1ccc(C(=O)Oc2ccc(Br)cc2/C=N\NC(=O)COc2cccc(Cl)c2Cl)cc1. The fourth-order valence-electron chi connectivity index (χ4n) is 2.72. The van der Waals surface area contributed by atoms with Crippen molar-refractivity contribution in [3.8, 4) is 17.2 Å². The zero-order chi connectivity index (χ0) is 25.2. The van der Waals surface area contributed by atoms with E-state index < -0.39 is 11.9 Å². The van der Waals surface area contributed by atoms with E-state index in [2.05, 4.69) is 26.5 Å². The normalized spacial score (nSPS) is 10.7. The van der Waals surface area contributed by atoms with Gasteiger partial charge in [0.1, 0.15) is 22.3 Å². The van der Waals surface area contributed by atoms with Gasteiger partial charge in [-0.05, 0) is 61.0 Å². The Hall–Kier alpha value is -3.07. The van der Waals surface area contributed by atoms with Gasteiger partial charge >= 0.3 is 5.97 Å². The Kier molecular flexibility index (Phi) is 9.96. The van der Waals surface area contributed by atoms with Gasteiger partial charge in [-0.2, -0.15) is 5.10 Å². The molecule has 182 valence electrons. The molecule has 0 aliphatic rings. The number of rotatable bonds is 10. The van der Waals surface area contributed by atoms with Crippen LogP contribution in [0.4, 0.5) is 0 Å². The molecule has 0 aliphatic carbocycles. The van der Waals surface area contributed by atoms with Crippen LogP contribution in [0.15, 0.2) is 70.2 Å². The molecule has 0 aromatic heterocycles. The first kappa shape index (κ1) is 26.5. The van der Waals surface area contributed by atoms with E-state index in [1.807, 2.05) is 6.92 Å². The van der Waals surface area contributed by atoms with Crippen molar-refractivity contribution in [1.29, 1.82) is 0 Å². The van der Waals surface area contributed by atoms with Gasteiger partial charge in [-0.15, -0.1) is 0 Å². The third-order valence-electron chi connectivity index (χ3n) is 4.41. The summed E-state index contributed by atoms with van der Waals surface area (Å²) in [5, 5.41) is 4.46. The zero-order valence-electron chi connectivity index (χ0n) is 18.6. The van der Waals surface area contributed by atoms with Crippen molar-refractivity contribution in [2.45, 2.75) is 13.3 Å². The molecule has 0 fully saturated rings. The number of esters is 1. The maximum atomic E-state index is 12.6. The van der Waals surface area contributed by atoms with Crippen molar-refractivity contribution in [3.63, 3.8) is 0 Å². The first-order valence-electron chi connectivity index (χ1n) is 10.5. The Balaban J connectivity index is 1.60. The number of hydrogen-bond acceptors (Lipinski definition) is 6. The minimum Gasteiger partial charge on any atom is -0.494 e. The monoisotopic (exact) mass is 578 g/mol. The second-order valence-corrected chi connectivity index (χ2v) is 8.78. The molecule has 0 heterocycles. The zero-order valence-corrected chi connectivity index (χ0v) is 21.7. The maximum absolute atomic E-state index is 12.6. The lowest BCUT2D eigenvalue weighted by molar-refractivity contribution is -0.123. The molecular weight excluding hydrogens is 559 g/mol. The number of carbonyl (C=O) groups excluding carboxylic acids is 2. The lowest BCUT2D eigenvalue weighted by Crippen LogP contribution is -2.24. The second-order valence-electron chi connectivity index (χ2n) is 7.08. The summed E-state index contributed by atoms with van der Waals surface area (Å²) < 4.78 is 17.2. The van der Waals surface area contributed by atoms with Crippen LogP contribution in [0.5, 0.6) is 17.2 Å². The fraction of sp³-hybridized carbons (Fsp3) is 0.160. The Morgan fingerprint density at radius 3 is 2.54 bits per heavy atom. The van der Waals surface area contributed by atoms with Crippen LogP contribution in [0.3, 0.4) is 0 Å². The molecule has 0 saturated heterocycles. The Bertz CT molecular complexity index is 1220. The summed E-state index contributed by atoms with van der Waals surface area (Å²) in [4.78, 5) is 24.7. The summed E-state index contributed by atoms with van der Waals surface area (Å²) in [5.41, 5.74) is 3.18. The van der Waals surface area contributed by atoms with Crippen LogP contribution in [-0.2, 0) is 4.79 Å². The van der Waals surface area contributed by atoms with Crippen molar-refractivity contribution in [1.82, 2.24) is 5.43 Å². The van der Waals surface area contributed by atoms with Crippen molar-refractivity contribution in [3.05, 3.63) is 86.3 Å². The highest BCUT2D eigenvalue weighted by molar-refractivity contribution is 9.10. The first-order valence-corrected chi connectivity index (χ1v) is 12.1. The molecule has 0 spiro atoms. The quantitative estimate of drug-likeness (QED) is 0.132. The maximum Gasteiger partial charge on any atom is 0.343 e. The Morgan fingerprint density at radius 1 is 1.03 bits per heavy atom. The number of nitrogens with one attached hydrogen (secondary N) is 1. The van der Waals surface area contributed by atoms with E-state index >= 15 is 0 Å². The highest BCUT2D eigenvalue weighted by Crippen LogP contribution is 2.31. The molecule has 10 heteroatoms. The van der Waals surface area contributed by atoms with E-state index in [-0.39, 0.29) is 23.1 Å². The van der Waals surface area contributed by atoms with Crippen molar-refractivity contribution < 1.29 is 23.8 Å². The number of carbonyl (C=O) groups is 2. The number of nitrogens with zero attached hydrogens (tertiary/aromatic N) is 1.